The van der Waals surface area contributed by atoms with Crippen LogP contribution in [0.4, 0.5) is 8.78 Å². The third-order valence-electron chi connectivity index (χ3n) is 6.94. The van der Waals surface area contributed by atoms with Gasteiger partial charge in [0, 0.05) is 34.6 Å². The van der Waals surface area contributed by atoms with Crippen LogP contribution in [-0.4, -0.2) is 34.0 Å². The van der Waals surface area contributed by atoms with Crippen molar-refractivity contribution in [2.75, 3.05) is 13.2 Å². The molecule has 3 aliphatic heterocycles. The molecule has 182 valence electrons. The van der Waals surface area contributed by atoms with Gasteiger partial charge in [-0.25, -0.2) is 15.0 Å². The lowest BCUT2D eigenvalue weighted by Crippen LogP contribution is -2.31. The summed E-state index contributed by atoms with van der Waals surface area (Å²) in [5, 5.41) is 0. The van der Waals surface area contributed by atoms with Gasteiger partial charge in [-0.15, -0.1) is 0 Å². The maximum absolute atomic E-state index is 15.6. The number of aromatic nitrogens is 3. The summed E-state index contributed by atoms with van der Waals surface area (Å²) in [6.45, 7) is 0.925. The summed E-state index contributed by atoms with van der Waals surface area (Å²) < 4.78 is 41.9. The molecule has 0 saturated carbocycles. The molecule has 0 aliphatic carbocycles. The standard InChI is InChI=1S/C28H19F2N5O2/c29-25-17(5-1-10-33-25)15-7-8-22-19(12-15)28(18-6-2-9-32-23(18)27(31)35-28)20-13-21(16-4-3-11-36-14-16)34-26(30)24(20)37-22/h1-2,4-10,12-13H,3,11,14H2,(H2,31,35)/t28-/m0/s1. The van der Waals surface area contributed by atoms with Crippen LogP contribution in [0.15, 0.2) is 72.0 Å². The first-order chi connectivity index (χ1) is 18.1. The predicted octanol–water partition coefficient (Wildman–Crippen LogP) is 4.74. The van der Waals surface area contributed by atoms with E-state index in [4.69, 9.17) is 20.2 Å². The number of rotatable bonds is 2. The normalized spacial score (nSPS) is 19.4. The van der Waals surface area contributed by atoms with Gasteiger partial charge in [-0.05, 0) is 54.0 Å². The van der Waals surface area contributed by atoms with E-state index in [-0.39, 0.29) is 11.6 Å². The van der Waals surface area contributed by atoms with Crippen LogP contribution in [0.1, 0.15) is 34.5 Å². The summed E-state index contributed by atoms with van der Waals surface area (Å²) in [7, 11) is 0. The van der Waals surface area contributed by atoms with Crippen molar-refractivity contribution in [2.45, 2.75) is 12.0 Å². The number of amidine groups is 1. The van der Waals surface area contributed by atoms with Gasteiger partial charge in [0.15, 0.2) is 5.75 Å². The summed E-state index contributed by atoms with van der Waals surface area (Å²) in [6.07, 6.45) is 5.72. The third-order valence-corrected chi connectivity index (χ3v) is 6.94. The van der Waals surface area contributed by atoms with Gasteiger partial charge in [-0.2, -0.15) is 8.78 Å². The molecule has 0 radical (unpaired) electrons. The molecular formula is C28H19F2N5O2. The Morgan fingerprint density at radius 1 is 0.919 bits per heavy atom. The number of hydrogen-bond acceptors (Lipinski definition) is 7. The molecule has 6 heterocycles. The number of fused-ring (bicyclic) bond motifs is 6. The van der Waals surface area contributed by atoms with Crippen molar-refractivity contribution < 1.29 is 18.3 Å². The molecule has 1 spiro atoms. The predicted molar refractivity (Wildman–Crippen MR) is 132 cm³/mol. The van der Waals surface area contributed by atoms with Gasteiger partial charge in [0.25, 0.3) is 5.95 Å². The molecule has 0 saturated heterocycles. The third kappa shape index (κ3) is 3.14. The summed E-state index contributed by atoms with van der Waals surface area (Å²) in [5.41, 5.74) is 9.41. The van der Waals surface area contributed by atoms with E-state index in [1.807, 2.05) is 12.1 Å². The molecule has 4 aromatic rings. The van der Waals surface area contributed by atoms with Gasteiger partial charge in [-0.3, -0.25) is 4.98 Å². The summed E-state index contributed by atoms with van der Waals surface area (Å²) in [4.78, 5) is 17.4. The van der Waals surface area contributed by atoms with Crippen molar-refractivity contribution in [1.29, 1.82) is 0 Å². The Kier molecular flexibility index (Phi) is 4.71. The fraction of sp³-hybridized carbons (Fsp3) is 0.143. The topological polar surface area (TPSA) is 95.5 Å². The first kappa shape index (κ1) is 21.8. The second kappa shape index (κ2) is 8.01. The number of hydrogen-bond donors (Lipinski definition) is 1. The Bertz CT molecular complexity index is 1670. The average Bonchev–Trinajstić information content (AvgIpc) is 3.23. The van der Waals surface area contributed by atoms with Crippen LogP contribution in [0.3, 0.4) is 0 Å². The minimum Gasteiger partial charge on any atom is -0.452 e. The highest BCUT2D eigenvalue weighted by Crippen LogP contribution is 2.56. The molecule has 7 nitrogen and oxygen atoms in total. The smallest absolute Gasteiger partial charge is 0.256 e. The lowest BCUT2D eigenvalue weighted by Gasteiger charge is -2.36. The van der Waals surface area contributed by atoms with E-state index < -0.39 is 17.4 Å². The first-order valence-corrected chi connectivity index (χ1v) is 11.8. The lowest BCUT2D eigenvalue weighted by atomic mass is 9.75. The molecule has 0 unspecified atom stereocenters. The van der Waals surface area contributed by atoms with Crippen LogP contribution in [-0.2, 0) is 10.3 Å². The second-order valence-electron chi connectivity index (χ2n) is 9.01. The van der Waals surface area contributed by atoms with Crippen LogP contribution in [0.5, 0.6) is 11.5 Å². The molecule has 2 N–H and O–H groups in total. The fourth-order valence-electron chi connectivity index (χ4n) is 5.30. The zero-order valence-corrected chi connectivity index (χ0v) is 19.4. The molecule has 37 heavy (non-hydrogen) atoms. The Morgan fingerprint density at radius 2 is 1.78 bits per heavy atom. The molecule has 9 heteroatoms. The van der Waals surface area contributed by atoms with Crippen LogP contribution < -0.4 is 10.5 Å². The largest absolute Gasteiger partial charge is 0.452 e. The molecule has 0 fully saturated rings. The van der Waals surface area contributed by atoms with Gasteiger partial charge >= 0.3 is 0 Å². The van der Waals surface area contributed by atoms with Crippen LogP contribution in [0.2, 0.25) is 0 Å². The molecule has 0 amide bonds. The minimum atomic E-state index is -1.28. The highest BCUT2D eigenvalue weighted by atomic mass is 19.1. The molecular weight excluding hydrogens is 476 g/mol. The molecule has 1 aromatic carbocycles. The maximum atomic E-state index is 15.6. The average molecular weight is 495 g/mol. The quantitative estimate of drug-likeness (QED) is 0.404. The van der Waals surface area contributed by atoms with E-state index in [1.54, 1.807) is 48.7 Å². The van der Waals surface area contributed by atoms with E-state index in [0.29, 0.717) is 64.6 Å². The van der Waals surface area contributed by atoms with Gasteiger partial charge in [0.05, 0.1) is 18.9 Å². The number of pyridine rings is 3. The minimum absolute atomic E-state index is 0.0397. The van der Waals surface area contributed by atoms with Crippen LogP contribution >= 0.6 is 0 Å². The zero-order chi connectivity index (χ0) is 25.1. The van der Waals surface area contributed by atoms with Crippen molar-refractivity contribution in [3.8, 4) is 22.6 Å². The molecule has 0 bridgehead atoms. The summed E-state index contributed by atoms with van der Waals surface area (Å²) >= 11 is 0. The number of nitrogens with two attached hydrogens (primary N) is 1. The van der Waals surface area contributed by atoms with Crippen molar-refractivity contribution in [2.24, 2.45) is 10.7 Å². The maximum Gasteiger partial charge on any atom is 0.256 e. The number of aliphatic imine (C=N–C) groups is 1. The summed E-state index contributed by atoms with van der Waals surface area (Å²) in [5.74, 6) is -0.833. The van der Waals surface area contributed by atoms with E-state index in [1.165, 1.54) is 6.20 Å². The van der Waals surface area contributed by atoms with Crippen molar-refractivity contribution >= 4 is 11.4 Å². The zero-order valence-electron chi connectivity index (χ0n) is 19.4. The highest BCUT2D eigenvalue weighted by Gasteiger charge is 2.50. The fourth-order valence-corrected chi connectivity index (χ4v) is 5.30. The Morgan fingerprint density at radius 3 is 2.62 bits per heavy atom. The monoisotopic (exact) mass is 495 g/mol. The van der Waals surface area contributed by atoms with E-state index in [2.05, 4.69) is 15.0 Å². The first-order valence-electron chi connectivity index (χ1n) is 11.8. The SMILES string of the molecule is NC1=N[C@]2(c3cc(-c4cccnc4F)ccc3Oc3c2cc(C2=CCCOC2)nc3F)c2cccnc21. The van der Waals surface area contributed by atoms with Crippen molar-refractivity contribution in [3.63, 3.8) is 0 Å². The summed E-state index contributed by atoms with van der Waals surface area (Å²) in [6, 6.07) is 13.9. The molecule has 3 aliphatic rings. The van der Waals surface area contributed by atoms with Crippen LogP contribution in [0.25, 0.3) is 16.7 Å². The van der Waals surface area contributed by atoms with E-state index >= 15 is 4.39 Å². The Hall–Kier alpha value is -4.50. The van der Waals surface area contributed by atoms with E-state index in [9.17, 15) is 4.39 Å². The second-order valence-corrected chi connectivity index (χ2v) is 9.01. The molecule has 1 atom stereocenters. The number of benzene rings is 1. The lowest BCUT2D eigenvalue weighted by molar-refractivity contribution is 0.164. The van der Waals surface area contributed by atoms with Crippen LogP contribution in [0, 0.1) is 11.9 Å². The van der Waals surface area contributed by atoms with Crippen molar-refractivity contribution in [1.82, 2.24) is 15.0 Å². The van der Waals surface area contributed by atoms with Gasteiger partial charge in [0.1, 0.15) is 22.8 Å². The van der Waals surface area contributed by atoms with Crippen molar-refractivity contribution in [3.05, 3.63) is 107 Å². The number of halogens is 2. The molecule has 7 rings (SSSR count). The number of ether oxygens (including phenoxy) is 2. The van der Waals surface area contributed by atoms with Gasteiger partial charge in [0.2, 0.25) is 5.95 Å². The highest BCUT2D eigenvalue weighted by molar-refractivity contribution is 6.02. The number of nitrogens with zero attached hydrogens (tertiary/aromatic N) is 4. The Balaban J connectivity index is 1.54. The van der Waals surface area contributed by atoms with Gasteiger partial charge in [-0.1, -0.05) is 18.2 Å². The van der Waals surface area contributed by atoms with E-state index in [0.717, 1.165) is 5.57 Å². The molecule has 3 aromatic heterocycles. The Labute approximate surface area is 210 Å². The van der Waals surface area contributed by atoms with Gasteiger partial charge < -0.3 is 15.2 Å².